The van der Waals surface area contributed by atoms with Gasteiger partial charge in [0.15, 0.2) is 0 Å². The van der Waals surface area contributed by atoms with Crippen molar-refractivity contribution in [3.8, 4) is 28.0 Å². The fourth-order valence-electron chi connectivity index (χ4n) is 7.71. The van der Waals surface area contributed by atoms with Gasteiger partial charge in [-0.1, -0.05) is 148 Å². The molecule has 2 heteroatoms. The monoisotopic (exact) mass is 647 g/mol. The number of para-hydroxylation sites is 1. The van der Waals surface area contributed by atoms with Crippen LogP contribution in [0, 0.1) is 0 Å². The van der Waals surface area contributed by atoms with Gasteiger partial charge in [0.1, 0.15) is 5.75 Å². The molecule has 2 nitrogen and oxygen atoms in total. The van der Waals surface area contributed by atoms with Gasteiger partial charge in [0.05, 0.1) is 12.5 Å². The van der Waals surface area contributed by atoms with Crippen LogP contribution in [0.1, 0.15) is 48.6 Å². The van der Waals surface area contributed by atoms with Gasteiger partial charge in [0.2, 0.25) is 0 Å². The molecule has 1 aliphatic carbocycles. The van der Waals surface area contributed by atoms with E-state index in [0.29, 0.717) is 0 Å². The molecule has 1 aliphatic rings. The smallest absolute Gasteiger partial charge is 0.118 e. The summed E-state index contributed by atoms with van der Waals surface area (Å²) in [6, 6.07) is 64.1. The Morgan fingerprint density at radius 1 is 0.460 bits per heavy atom. The third kappa shape index (κ3) is 5.29. The highest BCUT2D eigenvalue weighted by molar-refractivity contribution is 5.89. The lowest BCUT2D eigenvalue weighted by molar-refractivity contribution is 0.414. The Morgan fingerprint density at radius 2 is 0.980 bits per heavy atom. The zero-order chi connectivity index (χ0) is 34.3. The van der Waals surface area contributed by atoms with E-state index in [9.17, 15) is 0 Å². The summed E-state index contributed by atoms with van der Waals surface area (Å²) in [4.78, 5) is 2.37. The van der Waals surface area contributed by atoms with E-state index in [1.165, 1.54) is 50.1 Å². The molecule has 0 saturated carbocycles. The van der Waals surface area contributed by atoms with Crippen molar-refractivity contribution < 1.29 is 4.74 Å². The SMILES string of the molecule is COc1ccc(C2(c3ccc(C(C)(C)C)cc3)c3ccccc3-c3ccc(N(c4ccccc4)c4ccc(-c5ccccc5)cc4)cc32)cc1. The highest BCUT2D eigenvalue weighted by Gasteiger charge is 2.46. The zero-order valence-electron chi connectivity index (χ0n) is 29.1. The van der Waals surface area contributed by atoms with Crippen molar-refractivity contribution in [3.63, 3.8) is 0 Å². The number of methoxy groups -OCH3 is 1. The number of hydrogen-bond donors (Lipinski definition) is 0. The third-order valence-electron chi connectivity index (χ3n) is 10.2. The van der Waals surface area contributed by atoms with Gasteiger partial charge >= 0.3 is 0 Å². The van der Waals surface area contributed by atoms with Crippen LogP contribution in [-0.2, 0) is 10.8 Å². The lowest BCUT2D eigenvalue weighted by Gasteiger charge is -2.35. The summed E-state index contributed by atoms with van der Waals surface area (Å²) in [5.74, 6) is 0.849. The van der Waals surface area contributed by atoms with Crippen LogP contribution in [0.4, 0.5) is 17.1 Å². The van der Waals surface area contributed by atoms with Crippen LogP contribution >= 0.6 is 0 Å². The van der Waals surface area contributed by atoms with Gasteiger partial charge in [-0.15, -0.1) is 0 Å². The van der Waals surface area contributed by atoms with Crippen LogP contribution in [-0.4, -0.2) is 7.11 Å². The number of rotatable bonds is 7. The van der Waals surface area contributed by atoms with Crippen molar-refractivity contribution in [2.75, 3.05) is 12.0 Å². The van der Waals surface area contributed by atoms with E-state index in [2.05, 4.69) is 202 Å². The first kappa shape index (κ1) is 31.4. The maximum Gasteiger partial charge on any atom is 0.118 e. The van der Waals surface area contributed by atoms with Gasteiger partial charge in [-0.25, -0.2) is 0 Å². The summed E-state index contributed by atoms with van der Waals surface area (Å²) in [6.07, 6.45) is 0. The Kier molecular flexibility index (Phi) is 7.88. The minimum atomic E-state index is -0.538. The van der Waals surface area contributed by atoms with E-state index in [1.54, 1.807) is 7.11 Å². The van der Waals surface area contributed by atoms with Crippen LogP contribution in [0.5, 0.6) is 5.75 Å². The standard InChI is InChI=1S/C48H41NO/c1-47(2,3)36-21-23-37(24-22-36)48(38-25-30-42(50-4)31-26-38)45-18-12-11-17-43(45)44-32-29-41(33-46(44)48)49(39-15-9-6-10-16-39)40-27-19-35(20-28-40)34-13-7-5-8-14-34/h5-33H,1-4H3. The van der Waals surface area contributed by atoms with Crippen molar-refractivity contribution >= 4 is 17.1 Å². The van der Waals surface area contributed by atoms with E-state index in [4.69, 9.17) is 4.74 Å². The third-order valence-corrected chi connectivity index (χ3v) is 10.2. The normalized spacial score (nSPS) is 14.9. The van der Waals surface area contributed by atoms with E-state index in [1.807, 2.05) is 0 Å². The first-order valence-electron chi connectivity index (χ1n) is 17.4. The molecule has 0 fully saturated rings. The van der Waals surface area contributed by atoms with Crippen molar-refractivity contribution in [1.82, 2.24) is 0 Å². The molecule has 8 rings (SSSR count). The number of anilines is 3. The molecule has 0 bridgehead atoms. The Hall–Kier alpha value is -5.86. The molecule has 7 aromatic carbocycles. The van der Waals surface area contributed by atoms with Gasteiger partial charge in [0.25, 0.3) is 0 Å². The van der Waals surface area contributed by atoms with Crippen LogP contribution in [0.25, 0.3) is 22.3 Å². The first-order valence-corrected chi connectivity index (χ1v) is 17.4. The van der Waals surface area contributed by atoms with E-state index in [-0.39, 0.29) is 5.41 Å². The Labute approximate surface area is 296 Å². The molecule has 0 radical (unpaired) electrons. The van der Waals surface area contributed by atoms with Crippen LogP contribution < -0.4 is 9.64 Å². The first-order chi connectivity index (χ1) is 24.4. The Bertz CT molecular complexity index is 2250. The van der Waals surface area contributed by atoms with Gasteiger partial charge in [-0.3, -0.25) is 0 Å². The summed E-state index contributed by atoms with van der Waals surface area (Å²) >= 11 is 0. The summed E-state index contributed by atoms with van der Waals surface area (Å²) in [5, 5.41) is 0. The molecule has 1 unspecified atom stereocenters. The number of hydrogen-bond acceptors (Lipinski definition) is 2. The summed E-state index contributed by atoms with van der Waals surface area (Å²) < 4.78 is 5.64. The lowest BCUT2D eigenvalue weighted by atomic mass is 9.67. The molecular weight excluding hydrogens is 607 g/mol. The second kappa shape index (κ2) is 12.5. The van der Waals surface area contributed by atoms with Crippen molar-refractivity contribution in [2.45, 2.75) is 31.6 Å². The summed E-state index contributed by atoms with van der Waals surface area (Å²) in [5.41, 5.74) is 14.1. The Balaban J connectivity index is 1.37. The lowest BCUT2D eigenvalue weighted by Crippen LogP contribution is -2.29. The molecule has 0 heterocycles. The maximum absolute atomic E-state index is 5.64. The number of ether oxygens (including phenoxy) is 1. The molecule has 0 N–H and O–H groups in total. The molecular formula is C48H41NO. The average Bonchev–Trinajstić information content (AvgIpc) is 3.46. The fourth-order valence-corrected chi connectivity index (χ4v) is 7.71. The fraction of sp³-hybridized carbons (Fsp3) is 0.125. The number of benzene rings is 7. The quantitative estimate of drug-likeness (QED) is 0.171. The topological polar surface area (TPSA) is 12.5 Å². The van der Waals surface area contributed by atoms with Gasteiger partial charge in [0, 0.05) is 17.1 Å². The minimum Gasteiger partial charge on any atom is -0.497 e. The number of nitrogens with zero attached hydrogens (tertiary/aromatic N) is 1. The van der Waals surface area contributed by atoms with Crippen LogP contribution in [0.3, 0.4) is 0 Å². The van der Waals surface area contributed by atoms with Crippen molar-refractivity contribution in [2.24, 2.45) is 0 Å². The summed E-state index contributed by atoms with van der Waals surface area (Å²) in [6.45, 7) is 6.83. The van der Waals surface area contributed by atoms with E-state index < -0.39 is 5.41 Å². The second-order valence-corrected chi connectivity index (χ2v) is 14.2. The average molecular weight is 648 g/mol. The van der Waals surface area contributed by atoms with Crippen LogP contribution in [0.2, 0.25) is 0 Å². The second-order valence-electron chi connectivity index (χ2n) is 14.2. The molecule has 7 aromatic rings. The van der Waals surface area contributed by atoms with Crippen molar-refractivity contribution in [3.05, 3.63) is 204 Å². The molecule has 0 saturated heterocycles. The highest BCUT2D eigenvalue weighted by Crippen LogP contribution is 2.57. The molecule has 0 aromatic heterocycles. The van der Waals surface area contributed by atoms with Gasteiger partial charge < -0.3 is 9.64 Å². The van der Waals surface area contributed by atoms with E-state index >= 15 is 0 Å². The predicted molar refractivity (Wildman–Crippen MR) is 209 cm³/mol. The Morgan fingerprint density at radius 3 is 1.62 bits per heavy atom. The summed E-state index contributed by atoms with van der Waals surface area (Å²) in [7, 11) is 1.73. The molecule has 0 aliphatic heterocycles. The zero-order valence-corrected chi connectivity index (χ0v) is 29.1. The largest absolute Gasteiger partial charge is 0.497 e. The predicted octanol–water partition coefficient (Wildman–Crippen LogP) is 12.5. The van der Waals surface area contributed by atoms with E-state index in [0.717, 1.165) is 22.8 Å². The molecule has 50 heavy (non-hydrogen) atoms. The molecule has 1 atom stereocenters. The van der Waals surface area contributed by atoms with Gasteiger partial charge in [-0.05, 0) is 104 Å². The van der Waals surface area contributed by atoms with Crippen molar-refractivity contribution in [1.29, 1.82) is 0 Å². The highest BCUT2D eigenvalue weighted by atomic mass is 16.5. The molecule has 0 spiro atoms. The number of fused-ring (bicyclic) bond motifs is 3. The minimum absolute atomic E-state index is 0.0523. The molecule has 244 valence electrons. The van der Waals surface area contributed by atoms with Gasteiger partial charge in [-0.2, -0.15) is 0 Å². The molecule has 0 amide bonds. The maximum atomic E-state index is 5.64. The van der Waals surface area contributed by atoms with Crippen LogP contribution in [0.15, 0.2) is 176 Å².